The second-order valence-corrected chi connectivity index (χ2v) is 5.86. The smallest absolute Gasteiger partial charge is 0.226 e. The van der Waals surface area contributed by atoms with Gasteiger partial charge in [0.25, 0.3) is 0 Å². The Morgan fingerprint density at radius 3 is 2.60 bits per heavy atom. The maximum absolute atomic E-state index is 12.5. The molecule has 1 fully saturated rings. The molecule has 0 radical (unpaired) electrons. The van der Waals surface area contributed by atoms with E-state index in [0.29, 0.717) is 18.9 Å². The molecule has 0 aromatic heterocycles. The molecule has 118 valence electrons. The summed E-state index contributed by atoms with van der Waals surface area (Å²) in [7, 11) is 0. The molecule has 0 bridgehead atoms. The summed E-state index contributed by atoms with van der Waals surface area (Å²) in [5.41, 5.74) is 0. The quantitative estimate of drug-likeness (QED) is 0.605. The van der Waals surface area contributed by atoms with Gasteiger partial charge >= 0.3 is 0 Å². The van der Waals surface area contributed by atoms with Crippen molar-refractivity contribution in [1.82, 2.24) is 10.2 Å². The normalized spacial score (nSPS) is 19.0. The first kappa shape index (κ1) is 17.4. The van der Waals surface area contributed by atoms with Crippen LogP contribution in [0.5, 0.6) is 0 Å². The monoisotopic (exact) mass is 284 g/mol. The Labute approximate surface area is 123 Å². The van der Waals surface area contributed by atoms with Gasteiger partial charge in [0.15, 0.2) is 0 Å². The van der Waals surface area contributed by atoms with Crippen LogP contribution in [0.4, 0.5) is 0 Å². The zero-order valence-electron chi connectivity index (χ0n) is 13.1. The Morgan fingerprint density at radius 2 is 1.95 bits per heavy atom. The van der Waals surface area contributed by atoms with Crippen molar-refractivity contribution in [2.45, 2.75) is 58.3 Å². The van der Waals surface area contributed by atoms with Crippen LogP contribution in [-0.2, 0) is 4.79 Å². The van der Waals surface area contributed by atoms with E-state index >= 15 is 0 Å². The maximum atomic E-state index is 12.5. The summed E-state index contributed by atoms with van der Waals surface area (Å²) >= 11 is 0. The highest BCUT2D eigenvalue weighted by atomic mass is 16.3. The van der Waals surface area contributed by atoms with Crippen LogP contribution in [-0.4, -0.2) is 48.7 Å². The number of carbonyl (C=O) groups is 1. The SMILES string of the molecule is CCCCCCCN(CCCO)C(=O)[C@H]1CCCNC1. The fourth-order valence-electron chi connectivity index (χ4n) is 2.82. The van der Waals surface area contributed by atoms with Crippen molar-refractivity contribution in [1.29, 1.82) is 0 Å². The molecular weight excluding hydrogens is 252 g/mol. The number of piperidine rings is 1. The molecular formula is C16H32N2O2. The maximum Gasteiger partial charge on any atom is 0.226 e. The predicted octanol–water partition coefficient (Wildman–Crippen LogP) is 2.17. The second-order valence-electron chi connectivity index (χ2n) is 5.86. The Hall–Kier alpha value is -0.610. The Balaban J connectivity index is 2.34. The van der Waals surface area contributed by atoms with E-state index in [2.05, 4.69) is 12.2 Å². The summed E-state index contributed by atoms with van der Waals surface area (Å²) in [6.07, 6.45) is 8.91. The van der Waals surface area contributed by atoms with Gasteiger partial charge in [-0.3, -0.25) is 4.79 Å². The van der Waals surface area contributed by atoms with Crippen LogP contribution in [0.3, 0.4) is 0 Å². The summed E-state index contributed by atoms with van der Waals surface area (Å²) in [5, 5.41) is 12.3. The van der Waals surface area contributed by atoms with Crippen LogP contribution in [0.2, 0.25) is 0 Å². The molecule has 0 aromatic rings. The highest BCUT2D eigenvalue weighted by Gasteiger charge is 2.25. The molecule has 4 heteroatoms. The van der Waals surface area contributed by atoms with Crippen molar-refractivity contribution in [3.8, 4) is 0 Å². The molecule has 1 saturated heterocycles. The molecule has 0 spiro atoms. The lowest BCUT2D eigenvalue weighted by Crippen LogP contribution is -2.44. The van der Waals surface area contributed by atoms with Crippen LogP contribution in [0.25, 0.3) is 0 Å². The fourth-order valence-corrected chi connectivity index (χ4v) is 2.82. The van der Waals surface area contributed by atoms with Gasteiger partial charge in [-0.1, -0.05) is 32.6 Å². The Kier molecular flexibility index (Phi) is 9.67. The number of hydrogen-bond acceptors (Lipinski definition) is 3. The first-order valence-corrected chi connectivity index (χ1v) is 8.40. The first-order valence-electron chi connectivity index (χ1n) is 8.40. The minimum atomic E-state index is 0.151. The summed E-state index contributed by atoms with van der Waals surface area (Å²) in [6, 6.07) is 0. The second kappa shape index (κ2) is 11.1. The Bertz CT molecular complexity index is 253. The van der Waals surface area contributed by atoms with E-state index in [-0.39, 0.29) is 12.5 Å². The van der Waals surface area contributed by atoms with Crippen LogP contribution in [0, 0.1) is 5.92 Å². The van der Waals surface area contributed by atoms with Gasteiger partial charge in [0, 0.05) is 26.2 Å². The molecule has 0 saturated carbocycles. The molecule has 1 aliphatic heterocycles. The number of aliphatic hydroxyl groups excluding tert-OH is 1. The summed E-state index contributed by atoms with van der Waals surface area (Å²) in [4.78, 5) is 14.5. The molecule has 1 aliphatic rings. The topological polar surface area (TPSA) is 52.6 Å². The molecule has 20 heavy (non-hydrogen) atoms. The highest BCUT2D eigenvalue weighted by Crippen LogP contribution is 2.15. The summed E-state index contributed by atoms with van der Waals surface area (Å²) in [6.45, 7) is 5.82. The molecule has 1 atom stereocenters. The van der Waals surface area contributed by atoms with Crippen LogP contribution < -0.4 is 5.32 Å². The lowest BCUT2D eigenvalue weighted by molar-refractivity contribution is -0.136. The number of aliphatic hydroxyl groups is 1. The van der Waals surface area contributed by atoms with E-state index in [1.54, 1.807) is 0 Å². The minimum Gasteiger partial charge on any atom is -0.396 e. The molecule has 0 aromatic carbocycles. The van der Waals surface area contributed by atoms with Crippen molar-refractivity contribution in [2.75, 3.05) is 32.8 Å². The van der Waals surface area contributed by atoms with Gasteiger partial charge in [-0.2, -0.15) is 0 Å². The van der Waals surface area contributed by atoms with Crippen molar-refractivity contribution in [3.05, 3.63) is 0 Å². The van der Waals surface area contributed by atoms with E-state index in [0.717, 1.165) is 38.9 Å². The van der Waals surface area contributed by atoms with Gasteiger partial charge in [-0.05, 0) is 32.2 Å². The van der Waals surface area contributed by atoms with Gasteiger partial charge in [-0.15, -0.1) is 0 Å². The number of hydrogen-bond donors (Lipinski definition) is 2. The minimum absolute atomic E-state index is 0.151. The van der Waals surface area contributed by atoms with E-state index in [9.17, 15) is 4.79 Å². The molecule has 2 N–H and O–H groups in total. The number of nitrogens with one attached hydrogen (secondary N) is 1. The van der Waals surface area contributed by atoms with Crippen LogP contribution in [0.1, 0.15) is 58.3 Å². The average molecular weight is 284 g/mol. The molecule has 4 nitrogen and oxygen atoms in total. The Morgan fingerprint density at radius 1 is 1.20 bits per heavy atom. The predicted molar refractivity (Wildman–Crippen MR) is 82.6 cm³/mol. The van der Waals surface area contributed by atoms with E-state index in [1.807, 2.05) is 4.90 Å². The number of amides is 1. The lowest BCUT2D eigenvalue weighted by atomic mass is 9.98. The van der Waals surface area contributed by atoms with E-state index in [4.69, 9.17) is 5.11 Å². The molecule has 0 unspecified atom stereocenters. The molecule has 1 rings (SSSR count). The largest absolute Gasteiger partial charge is 0.396 e. The molecule has 1 heterocycles. The van der Waals surface area contributed by atoms with Crippen molar-refractivity contribution >= 4 is 5.91 Å². The number of unbranched alkanes of at least 4 members (excludes halogenated alkanes) is 4. The average Bonchev–Trinajstić information content (AvgIpc) is 2.50. The lowest BCUT2D eigenvalue weighted by Gasteiger charge is -2.29. The zero-order chi connectivity index (χ0) is 14.6. The third-order valence-electron chi connectivity index (χ3n) is 4.08. The van der Waals surface area contributed by atoms with Crippen molar-refractivity contribution < 1.29 is 9.90 Å². The zero-order valence-corrected chi connectivity index (χ0v) is 13.1. The van der Waals surface area contributed by atoms with Gasteiger partial charge in [-0.25, -0.2) is 0 Å². The van der Waals surface area contributed by atoms with Crippen molar-refractivity contribution in [3.63, 3.8) is 0 Å². The van der Waals surface area contributed by atoms with Crippen LogP contribution >= 0.6 is 0 Å². The van der Waals surface area contributed by atoms with E-state index in [1.165, 1.54) is 25.7 Å². The van der Waals surface area contributed by atoms with Gasteiger partial charge in [0.2, 0.25) is 5.91 Å². The number of rotatable bonds is 10. The molecule has 0 aliphatic carbocycles. The summed E-state index contributed by atoms with van der Waals surface area (Å²) in [5.74, 6) is 0.444. The molecule has 1 amide bonds. The van der Waals surface area contributed by atoms with E-state index < -0.39 is 0 Å². The third-order valence-corrected chi connectivity index (χ3v) is 4.08. The van der Waals surface area contributed by atoms with Crippen molar-refractivity contribution in [2.24, 2.45) is 5.92 Å². The standard InChI is InChI=1S/C16H32N2O2/c1-2-3-4-5-6-11-18(12-8-13-19)16(20)15-9-7-10-17-14-15/h15,17,19H,2-14H2,1H3/t15-/m0/s1. The van der Waals surface area contributed by atoms with Gasteiger partial charge < -0.3 is 15.3 Å². The third kappa shape index (κ3) is 6.71. The fraction of sp³-hybridized carbons (Fsp3) is 0.938. The first-order chi connectivity index (χ1) is 9.79. The van der Waals surface area contributed by atoms with Crippen LogP contribution in [0.15, 0.2) is 0 Å². The highest BCUT2D eigenvalue weighted by molar-refractivity contribution is 5.79. The summed E-state index contributed by atoms with van der Waals surface area (Å²) < 4.78 is 0. The number of carbonyl (C=O) groups excluding carboxylic acids is 1. The van der Waals surface area contributed by atoms with Gasteiger partial charge in [0.05, 0.1) is 5.92 Å². The number of nitrogens with zero attached hydrogens (tertiary/aromatic N) is 1. The van der Waals surface area contributed by atoms with Gasteiger partial charge in [0.1, 0.15) is 0 Å².